The molecule has 1 aromatic carbocycles. The first-order valence-corrected chi connectivity index (χ1v) is 6.06. The molecule has 0 saturated heterocycles. The molecule has 0 aromatic heterocycles. The number of carbonyl (C=O) groups is 1. The lowest BCUT2D eigenvalue weighted by Gasteiger charge is -2.02. The first-order valence-electron chi connectivity index (χ1n) is 4.75. The second-order valence-electron chi connectivity index (χ2n) is 3.10. The van der Waals surface area contributed by atoms with Crippen LogP contribution >= 0.6 is 0 Å². The van der Waals surface area contributed by atoms with Crippen LogP contribution in [0.1, 0.15) is 6.42 Å². The van der Waals surface area contributed by atoms with E-state index < -0.39 is 21.7 Å². The van der Waals surface area contributed by atoms with Crippen molar-refractivity contribution in [3.63, 3.8) is 0 Å². The Morgan fingerprint density at radius 2 is 2.12 bits per heavy atom. The Morgan fingerprint density at radius 1 is 1.47 bits per heavy atom. The number of para-hydroxylation sites is 1. The van der Waals surface area contributed by atoms with Crippen LogP contribution in [0.2, 0.25) is 0 Å². The Balaban J connectivity index is 2.82. The van der Waals surface area contributed by atoms with Crippen LogP contribution in [0.3, 0.4) is 0 Å². The van der Waals surface area contributed by atoms with Gasteiger partial charge in [-0.25, -0.2) is 0 Å². The fourth-order valence-electron chi connectivity index (χ4n) is 1.19. The molecule has 1 unspecified atom stereocenters. The molecule has 0 radical (unpaired) electrons. The van der Waals surface area contributed by atoms with Crippen LogP contribution in [0.15, 0.2) is 29.2 Å². The molecule has 1 atom stereocenters. The minimum Gasteiger partial charge on any atom is -0.469 e. The third kappa shape index (κ3) is 3.63. The number of esters is 1. The molecular weight excluding hydrogens is 246 g/mol. The summed E-state index contributed by atoms with van der Waals surface area (Å²) in [7, 11) is -0.348. The zero-order valence-electron chi connectivity index (χ0n) is 9.12. The average Bonchev–Trinajstić information content (AvgIpc) is 2.35. The number of ether oxygens (including phenoxy) is 1. The second-order valence-corrected chi connectivity index (χ2v) is 4.64. The highest BCUT2D eigenvalue weighted by Crippen LogP contribution is 2.21. The molecule has 17 heavy (non-hydrogen) atoms. The minimum absolute atomic E-state index is 0.0114. The quantitative estimate of drug-likeness (QED) is 0.450. The van der Waals surface area contributed by atoms with Crippen molar-refractivity contribution in [1.82, 2.24) is 0 Å². The monoisotopic (exact) mass is 257 g/mol. The fourth-order valence-corrected chi connectivity index (χ4v) is 2.37. The van der Waals surface area contributed by atoms with Gasteiger partial charge in [-0.3, -0.25) is 19.1 Å². The summed E-state index contributed by atoms with van der Waals surface area (Å²) in [5.74, 6) is -0.478. The Labute approximate surface area is 100 Å². The summed E-state index contributed by atoms with van der Waals surface area (Å²) in [6.07, 6.45) is -0.0326. The van der Waals surface area contributed by atoms with Crippen molar-refractivity contribution < 1.29 is 18.7 Å². The van der Waals surface area contributed by atoms with Crippen molar-refractivity contribution in [3.05, 3.63) is 34.4 Å². The predicted molar refractivity (Wildman–Crippen MR) is 61.0 cm³/mol. The molecule has 0 aliphatic rings. The molecule has 7 heteroatoms. The highest BCUT2D eigenvalue weighted by Gasteiger charge is 2.18. The molecule has 0 N–H and O–H groups in total. The zero-order valence-corrected chi connectivity index (χ0v) is 9.94. The number of nitro groups is 1. The molecule has 1 rings (SSSR count). The lowest BCUT2D eigenvalue weighted by atomic mass is 10.3. The summed E-state index contributed by atoms with van der Waals surface area (Å²) in [6.45, 7) is 0. The Hall–Kier alpha value is -1.76. The normalized spacial score (nSPS) is 11.8. The van der Waals surface area contributed by atoms with Crippen LogP contribution in [0.5, 0.6) is 0 Å². The lowest BCUT2D eigenvalue weighted by Crippen LogP contribution is -2.08. The third-order valence-corrected chi connectivity index (χ3v) is 3.44. The van der Waals surface area contributed by atoms with Crippen LogP contribution in [-0.4, -0.2) is 28.0 Å². The maximum Gasteiger partial charge on any atom is 0.306 e. The van der Waals surface area contributed by atoms with Gasteiger partial charge >= 0.3 is 5.97 Å². The van der Waals surface area contributed by atoms with E-state index in [1.807, 2.05) is 0 Å². The maximum atomic E-state index is 11.8. The van der Waals surface area contributed by atoms with Crippen LogP contribution in [-0.2, 0) is 20.3 Å². The summed E-state index contributed by atoms with van der Waals surface area (Å²) in [5.41, 5.74) is -0.198. The molecule has 0 aliphatic carbocycles. The van der Waals surface area contributed by atoms with Crippen LogP contribution in [0.25, 0.3) is 0 Å². The molecule has 92 valence electrons. The van der Waals surface area contributed by atoms with Gasteiger partial charge in [0.2, 0.25) is 0 Å². The van der Waals surface area contributed by atoms with E-state index in [9.17, 15) is 19.1 Å². The summed E-state index contributed by atoms with van der Waals surface area (Å²) >= 11 is 0. The number of hydrogen-bond acceptors (Lipinski definition) is 5. The van der Waals surface area contributed by atoms with Gasteiger partial charge in [-0.05, 0) is 6.07 Å². The Kier molecular flexibility index (Phi) is 4.77. The van der Waals surface area contributed by atoms with Crippen LogP contribution in [0.4, 0.5) is 5.69 Å². The lowest BCUT2D eigenvalue weighted by molar-refractivity contribution is -0.387. The molecule has 0 aliphatic heterocycles. The van der Waals surface area contributed by atoms with E-state index in [4.69, 9.17) is 0 Å². The van der Waals surface area contributed by atoms with Crippen molar-refractivity contribution in [2.45, 2.75) is 11.3 Å². The largest absolute Gasteiger partial charge is 0.469 e. The van der Waals surface area contributed by atoms with Gasteiger partial charge in [-0.15, -0.1) is 0 Å². The van der Waals surface area contributed by atoms with Gasteiger partial charge < -0.3 is 4.74 Å². The standard InChI is InChI=1S/C10H11NO5S/c1-16-10(12)6-7-17(15)9-5-3-2-4-8(9)11(13)14/h2-5H,6-7H2,1H3. The van der Waals surface area contributed by atoms with Crippen molar-refractivity contribution in [2.75, 3.05) is 12.9 Å². The van der Waals surface area contributed by atoms with E-state index in [2.05, 4.69) is 4.74 Å². The zero-order chi connectivity index (χ0) is 12.8. The number of rotatable bonds is 5. The van der Waals surface area contributed by atoms with Crippen molar-refractivity contribution in [3.8, 4) is 0 Å². The van der Waals surface area contributed by atoms with Crippen molar-refractivity contribution in [1.29, 1.82) is 0 Å². The van der Waals surface area contributed by atoms with Gasteiger partial charge in [0.15, 0.2) is 0 Å². The summed E-state index contributed by atoms with van der Waals surface area (Å²) in [4.78, 5) is 21.1. The molecule has 0 amide bonds. The first kappa shape index (κ1) is 13.3. The SMILES string of the molecule is COC(=O)CCS(=O)c1ccccc1[N+](=O)[O-]. The third-order valence-electron chi connectivity index (χ3n) is 2.03. The fraction of sp³-hybridized carbons (Fsp3) is 0.300. The van der Waals surface area contributed by atoms with Crippen LogP contribution < -0.4 is 0 Å². The molecule has 6 nitrogen and oxygen atoms in total. The molecule has 0 fully saturated rings. The van der Waals surface area contributed by atoms with Crippen molar-refractivity contribution >= 4 is 22.5 Å². The Morgan fingerprint density at radius 3 is 2.71 bits per heavy atom. The number of hydrogen-bond donors (Lipinski definition) is 0. The Bertz CT molecular complexity index is 460. The van der Waals surface area contributed by atoms with E-state index >= 15 is 0 Å². The molecule has 0 spiro atoms. The minimum atomic E-state index is -1.58. The van der Waals surface area contributed by atoms with E-state index in [1.165, 1.54) is 25.3 Å². The van der Waals surface area contributed by atoms with E-state index in [0.717, 1.165) is 0 Å². The molecule has 0 bridgehead atoms. The van der Waals surface area contributed by atoms with Gasteiger partial charge in [-0.2, -0.15) is 0 Å². The maximum absolute atomic E-state index is 11.8. The smallest absolute Gasteiger partial charge is 0.306 e. The topological polar surface area (TPSA) is 86.5 Å². The highest BCUT2D eigenvalue weighted by molar-refractivity contribution is 7.85. The van der Waals surface area contributed by atoms with Crippen molar-refractivity contribution in [2.24, 2.45) is 0 Å². The number of carbonyl (C=O) groups excluding carboxylic acids is 1. The average molecular weight is 257 g/mol. The molecule has 0 heterocycles. The number of nitrogens with zero attached hydrogens (tertiary/aromatic N) is 1. The molecular formula is C10H11NO5S. The highest BCUT2D eigenvalue weighted by atomic mass is 32.2. The molecule has 0 saturated carbocycles. The number of benzene rings is 1. The van der Waals surface area contributed by atoms with E-state index in [1.54, 1.807) is 6.07 Å². The molecule has 1 aromatic rings. The van der Waals surface area contributed by atoms with Gasteiger partial charge in [0.1, 0.15) is 4.90 Å². The van der Waals surface area contributed by atoms with E-state index in [0.29, 0.717) is 0 Å². The van der Waals surface area contributed by atoms with Gasteiger partial charge in [0.05, 0.1) is 29.3 Å². The second kappa shape index (κ2) is 6.09. The van der Waals surface area contributed by atoms with Crippen LogP contribution in [0, 0.1) is 10.1 Å². The first-order chi connectivity index (χ1) is 8.06. The van der Waals surface area contributed by atoms with Gasteiger partial charge in [0.25, 0.3) is 5.69 Å². The van der Waals surface area contributed by atoms with Gasteiger partial charge in [-0.1, -0.05) is 12.1 Å². The number of methoxy groups -OCH3 is 1. The summed E-state index contributed by atoms with van der Waals surface area (Å²) in [6, 6.07) is 5.77. The van der Waals surface area contributed by atoms with E-state index in [-0.39, 0.29) is 22.8 Å². The summed E-state index contributed by atoms with van der Waals surface area (Å²) < 4.78 is 16.2. The summed E-state index contributed by atoms with van der Waals surface area (Å²) in [5, 5.41) is 10.7. The predicted octanol–water partition coefficient (Wildman–Crippen LogP) is 1.27. The van der Waals surface area contributed by atoms with Gasteiger partial charge in [0, 0.05) is 11.8 Å². The number of nitro benzene ring substituents is 1.